The van der Waals surface area contributed by atoms with Gasteiger partial charge in [0.15, 0.2) is 5.78 Å². The van der Waals surface area contributed by atoms with Gasteiger partial charge in [-0.25, -0.2) is 4.98 Å². The van der Waals surface area contributed by atoms with E-state index in [1.165, 1.54) is 11.8 Å². The number of benzene rings is 1. The molecule has 2 aromatic heterocycles. The van der Waals surface area contributed by atoms with Gasteiger partial charge in [-0.05, 0) is 32.0 Å². The second-order valence-corrected chi connectivity index (χ2v) is 6.32. The molecule has 106 valence electrons. The average Bonchev–Trinajstić information content (AvgIpc) is 2.83. The summed E-state index contributed by atoms with van der Waals surface area (Å²) in [5.41, 5.74) is 2.73. The number of hydrogen-bond acceptors (Lipinski definition) is 3. The van der Waals surface area contributed by atoms with Crippen molar-refractivity contribution in [3.63, 3.8) is 0 Å². The number of aromatic nitrogens is 2. The minimum atomic E-state index is -0.169. The molecule has 0 amide bonds. The van der Waals surface area contributed by atoms with Crippen LogP contribution in [0.3, 0.4) is 0 Å². The summed E-state index contributed by atoms with van der Waals surface area (Å²) < 4.78 is 0. The number of hydrogen-bond donors (Lipinski definition) is 1. The largest absolute Gasteiger partial charge is 0.358 e. The van der Waals surface area contributed by atoms with Gasteiger partial charge in [0.2, 0.25) is 0 Å². The second kappa shape index (κ2) is 5.74. The van der Waals surface area contributed by atoms with Gasteiger partial charge >= 0.3 is 0 Å². The standard InChI is InChI=1S/C17H16N2OS/c1-11-16(13-7-3-4-8-14(13)19-11)17(20)12(2)21-15-9-5-6-10-18-15/h3-10,12,19H,1-2H3/t12-/m0/s1. The Kier molecular flexibility index (Phi) is 3.80. The zero-order chi connectivity index (χ0) is 14.8. The molecular weight excluding hydrogens is 280 g/mol. The van der Waals surface area contributed by atoms with E-state index in [-0.39, 0.29) is 11.0 Å². The van der Waals surface area contributed by atoms with E-state index in [0.717, 1.165) is 27.2 Å². The number of Topliss-reactive ketones (excluding diaryl/α,β-unsaturated/α-hetero) is 1. The number of rotatable bonds is 4. The van der Waals surface area contributed by atoms with Crippen LogP contribution in [-0.2, 0) is 0 Å². The Labute approximate surface area is 127 Å². The molecule has 1 atom stereocenters. The number of nitrogens with zero attached hydrogens (tertiary/aromatic N) is 1. The van der Waals surface area contributed by atoms with Crippen molar-refractivity contribution in [2.75, 3.05) is 0 Å². The van der Waals surface area contributed by atoms with E-state index in [1.807, 2.05) is 56.3 Å². The monoisotopic (exact) mass is 296 g/mol. The Hall–Kier alpha value is -2.07. The van der Waals surface area contributed by atoms with Crippen LogP contribution in [0.4, 0.5) is 0 Å². The summed E-state index contributed by atoms with van der Waals surface area (Å²) in [7, 11) is 0. The van der Waals surface area contributed by atoms with Crippen molar-refractivity contribution in [1.82, 2.24) is 9.97 Å². The third-order valence-electron chi connectivity index (χ3n) is 3.44. The highest BCUT2D eigenvalue weighted by Crippen LogP contribution is 2.28. The molecule has 0 aliphatic rings. The van der Waals surface area contributed by atoms with Crippen molar-refractivity contribution in [3.8, 4) is 0 Å². The molecule has 0 unspecified atom stereocenters. The Balaban J connectivity index is 1.91. The average molecular weight is 296 g/mol. The predicted molar refractivity (Wildman–Crippen MR) is 86.9 cm³/mol. The smallest absolute Gasteiger partial charge is 0.178 e. The van der Waals surface area contributed by atoms with Gasteiger partial charge in [-0.1, -0.05) is 36.0 Å². The molecule has 2 heterocycles. The van der Waals surface area contributed by atoms with Crippen LogP contribution < -0.4 is 0 Å². The highest BCUT2D eigenvalue weighted by atomic mass is 32.2. The van der Waals surface area contributed by atoms with Crippen molar-refractivity contribution >= 4 is 28.4 Å². The fourth-order valence-electron chi connectivity index (χ4n) is 2.45. The molecule has 0 fully saturated rings. The minimum absolute atomic E-state index is 0.139. The summed E-state index contributed by atoms with van der Waals surface area (Å²) in [6.45, 7) is 3.88. The van der Waals surface area contributed by atoms with Crippen molar-refractivity contribution in [2.24, 2.45) is 0 Å². The summed E-state index contributed by atoms with van der Waals surface area (Å²) >= 11 is 1.49. The van der Waals surface area contributed by atoms with Gasteiger partial charge in [-0.15, -0.1) is 0 Å². The van der Waals surface area contributed by atoms with Gasteiger partial charge in [-0.2, -0.15) is 0 Å². The topological polar surface area (TPSA) is 45.8 Å². The number of carbonyl (C=O) groups is 1. The third kappa shape index (κ3) is 2.72. The predicted octanol–water partition coefficient (Wildman–Crippen LogP) is 4.23. The molecule has 0 radical (unpaired) electrons. The molecular formula is C17H16N2OS. The molecule has 3 rings (SSSR count). The van der Waals surface area contributed by atoms with E-state index in [2.05, 4.69) is 9.97 Å². The first-order chi connectivity index (χ1) is 10.2. The molecule has 0 saturated carbocycles. The van der Waals surface area contributed by atoms with E-state index >= 15 is 0 Å². The van der Waals surface area contributed by atoms with Crippen LogP contribution in [0.2, 0.25) is 0 Å². The van der Waals surface area contributed by atoms with E-state index in [4.69, 9.17) is 0 Å². The van der Waals surface area contributed by atoms with E-state index < -0.39 is 0 Å². The Bertz CT molecular complexity index is 780. The van der Waals surface area contributed by atoms with Crippen LogP contribution in [0.25, 0.3) is 10.9 Å². The van der Waals surface area contributed by atoms with Gasteiger partial charge in [0.05, 0.1) is 10.3 Å². The number of aromatic amines is 1. The van der Waals surface area contributed by atoms with Crippen LogP contribution in [0.15, 0.2) is 53.7 Å². The highest BCUT2D eigenvalue weighted by Gasteiger charge is 2.22. The minimum Gasteiger partial charge on any atom is -0.358 e. The van der Waals surface area contributed by atoms with Crippen LogP contribution in [0.1, 0.15) is 23.0 Å². The maximum absolute atomic E-state index is 12.8. The second-order valence-electron chi connectivity index (χ2n) is 4.96. The number of pyridine rings is 1. The maximum atomic E-state index is 12.8. The zero-order valence-electron chi connectivity index (χ0n) is 12.0. The number of nitrogens with one attached hydrogen (secondary N) is 1. The van der Waals surface area contributed by atoms with Crippen LogP contribution in [-0.4, -0.2) is 21.0 Å². The SMILES string of the molecule is Cc1[nH]c2ccccc2c1C(=O)[C@H](C)Sc1ccccn1. The molecule has 0 bridgehead atoms. The van der Waals surface area contributed by atoms with Crippen LogP contribution in [0.5, 0.6) is 0 Å². The zero-order valence-corrected chi connectivity index (χ0v) is 12.8. The molecule has 1 N–H and O–H groups in total. The number of carbonyl (C=O) groups excluding carboxylic acids is 1. The summed E-state index contributed by atoms with van der Waals surface area (Å²) in [6, 6.07) is 13.7. The van der Waals surface area contributed by atoms with E-state index in [9.17, 15) is 4.79 Å². The summed E-state index contributed by atoms with van der Waals surface area (Å²) in [4.78, 5) is 20.3. The summed E-state index contributed by atoms with van der Waals surface area (Å²) in [5.74, 6) is 0.139. The van der Waals surface area contributed by atoms with Gasteiger partial charge in [0.1, 0.15) is 0 Å². The van der Waals surface area contributed by atoms with Gasteiger partial charge < -0.3 is 4.98 Å². The Morgan fingerprint density at radius 3 is 2.71 bits per heavy atom. The lowest BCUT2D eigenvalue weighted by atomic mass is 10.1. The van der Waals surface area contributed by atoms with Crippen LogP contribution >= 0.6 is 11.8 Å². The number of para-hydroxylation sites is 1. The van der Waals surface area contributed by atoms with Crippen molar-refractivity contribution in [1.29, 1.82) is 0 Å². The number of ketones is 1. The number of H-pyrrole nitrogens is 1. The quantitative estimate of drug-likeness (QED) is 0.578. The molecule has 3 nitrogen and oxygen atoms in total. The first kappa shape index (κ1) is 13.9. The third-order valence-corrected chi connectivity index (χ3v) is 4.50. The number of aryl methyl sites for hydroxylation is 1. The van der Waals surface area contributed by atoms with Crippen LogP contribution in [0, 0.1) is 6.92 Å². The first-order valence-corrected chi connectivity index (χ1v) is 7.74. The van der Waals surface area contributed by atoms with Gasteiger partial charge in [0, 0.05) is 28.4 Å². The lowest BCUT2D eigenvalue weighted by molar-refractivity contribution is 0.0995. The molecule has 1 aromatic carbocycles. The fraction of sp³-hybridized carbons (Fsp3) is 0.176. The molecule has 0 aliphatic carbocycles. The highest BCUT2D eigenvalue weighted by molar-refractivity contribution is 8.00. The molecule has 21 heavy (non-hydrogen) atoms. The molecule has 3 aromatic rings. The van der Waals surface area contributed by atoms with E-state index in [0.29, 0.717) is 0 Å². The van der Waals surface area contributed by atoms with Gasteiger partial charge in [-0.3, -0.25) is 4.79 Å². The molecule has 0 saturated heterocycles. The molecule has 0 spiro atoms. The summed E-state index contributed by atoms with van der Waals surface area (Å²) in [5, 5.41) is 1.70. The lowest BCUT2D eigenvalue weighted by Gasteiger charge is -2.09. The van der Waals surface area contributed by atoms with E-state index in [1.54, 1.807) is 6.20 Å². The number of thioether (sulfide) groups is 1. The van der Waals surface area contributed by atoms with Crippen molar-refractivity contribution < 1.29 is 4.79 Å². The van der Waals surface area contributed by atoms with Crippen molar-refractivity contribution in [3.05, 3.63) is 59.9 Å². The first-order valence-electron chi connectivity index (χ1n) is 6.86. The molecule has 4 heteroatoms. The van der Waals surface area contributed by atoms with Gasteiger partial charge in [0.25, 0.3) is 0 Å². The van der Waals surface area contributed by atoms with Crippen molar-refractivity contribution in [2.45, 2.75) is 24.1 Å². The summed E-state index contributed by atoms with van der Waals surface area (Å²) in [6.07, 6.45) is 1.75. The Morgan fingerprint density at radius 2 is 1.95 bits per heavy atom. The molecule has 0 aliphatic heterocycles. The Morgan fingerprint density at radius 1 is 1.19 bits per heavy atom. The number of fused-ring (bicyclic) bond motifs is 1. The fourth-order valence-corrected chi connectivity index (χ4v) is 3.31. The lowest BCUT2D eigenvalue weighted by Crippen LogP contribution is -2.14. The maximum Gasteiger partial charge on any atom is 0.178 e. The normalized spacial score (nSPS) is 12.5.